The van der Waals surface area contributed by atoms with E-state index < -0.39 is 0 Å². The van der Waals surface area contributed by atoms with Gasteiger partial charge in [0, 0.05) is 27.2 Å². The number of anilines is 3. The molecule has 21 heavy (non-hydrogen) atoms. The van der Waals surface area contributed by atoms with Crippen molar-refractivity contribution in [3.05, 3.63) is 0 Å². The summed E-state index contributed by atoms with van der Waals surface area (Å²) in [5.74, 6) is 5.29. The van der Waals surface area contributed by atoms with Crippen LogP contribution in [-0.4, -0.2) is 53.6 Å². The predicted molar refractivity (Wildman–Crippen MR) is 91.5 cm³/mol. The number of rotatable bonds is 7. The molecule has 0 saturated carbocycles. The number of aromatic nitrogens is 3. The molecule has 0 aliphatic carbocycles. The lowest BCUT2D eigenvalue weighted by Crippen LogP contribution is -2.22. The SMILES string of the molecule is CCCNc1nc(NCC2CCSCC2)nc(N(C)C)n1. The Hall–Kier alpha value is -1.24. The lowest BCUT2D eigenvalue weighted by atomic mass is 10.0. The Morgan fingerprint density at radius 1 is 1.10 bits per heavy atom. The molecule has 1 aliphatic rings. The third kappa shape index (κ3) is 5.22. The topological polar surface area (TPSA) is 66.0 Å². The summed E-state index contributed by atoms with van der Waals surface area (Å²) in [5, 5.41) is 6.62. The van der Waals surface area contributed by atoms with E-state index in [9.17, 15) is 0 Å². The number of hydrogen-bond donors (Lipinski definition) is 2. The third-order valence-electron chi connectivity index (χ3n) is 3.45. The summed E-state index contributed by atoms with van der Waals surface area (Å²) in [4.78, 5) is 15.3. The molecule has 0 radical (unpaired) electrons. The molecule has 1 aliphatic heterocycles. The highest BCUT2D eigenvalue weighted by molar-refractivity contribution is 7.99. The fourth-order valence-electron chi connectivity index (χ4n) is 2.15. The molecule has 0 amide bonds. The minimum atomic E-state index is 0.650. The molecule has 0 spiro atoms. The monoisotopic (exact) mass is 310 g/mol. The molecule has 0 atom stereocenters. The van der Waals surface area contributed by atoms with E-state index in [-0.39, 0.29) is 0 Å². The van der Waals surface area contributed by atoms with Crippen LogP contribution in [0, 0.1) is 5.92 Å². The summed E-state index contributed by atoms with van der Waals surface area (Å²) in [6.07, 6.45) is 3.61. The van der Waals surface area contributed by atoms with Crippen molar-refractivity contribution in [1.29, 1.82) is 0 Å². The highest BCUT2D eigenvalue weighted by atomic mass is 32.2. The molecule has 7 heteroatoms. The van der Waals surface area contributed by atoms with Crippen LogP contribution in [0.25, 0.3) is 0 Å². The van der Waals surface area contributed by atoms with Crippen LogP contribution < -0.4 is 15.5 Å². The molecule has 1 aromatic heterocycles. The number of hydrogen-bond acceptors (Lipinski definition) is 7. The van der Waals surface area contributed by atoms with E-state index in [1.54, 1.807) is 0 Å². The first-order valence-electron chi connectivity index (χ1n) is 7.68. The number of nitrogens with one attached hydrogen (secondary N) is 2. The van der Waals surface area contributed by atoms with Crippen molar-refractivity contribution in [2.75, 3.05) is 54.2 Å². The first-order chi connectivity index (χ1) is 10.2. The minimum absolute atomic E-state index is 0.650. The summed E-state index contributed by atoms with van der Waals surface area (Å²) >= 11 is 2.05. The van der Waals surface area contributed by atoms with Crippen LogP contribution in [-0.2, 0) is 0 Å². The third-order valence-corrected chi connectivity index (χ3v) is 4.50. The van der Waals surface area contributed by atoms with Crippen molar-refractivity contribution >= 4 is 29.6 Å². The van der Waals surface area contributed by atoms with Crippen molar-refractivity contribution in [2.24, 2.45) is 5.92 Å². The van der Waals surface area contributed by atoms with Crippen LogP contribution in [0.4, 0.5) is 17.8 Å². The Kier molecular flexibility index (Phi) is 6.35. The van der Waals surface area contributed by atoms with Gasteiger partial charge in [0.15, 0.2) is 0 Å². The summed E-state index contributed by atoms with van der Waals surface area (Å²) in [7, 11) is 3.89. The second-order valence-electron chi connectivity index (χ2n) is 5.54. The lowest BCUT2D eigenvalue weighted by molar-refractivity contribution is 0.514. The molecule has 0 aromatic carbocycles. The average Bonchev–Trinajstić information content (AvgIpc) is 2.51. The summed E-state index contributed by atoms with van der Waals surface area (Å²) < 4.78 is 0. The Morgan fingerprint density at radius 2 is 1.76 bits per heavy atom. The Labute approximate surface area is 131 Å². The van der Waals surface area contributed by atoms with E-state index in [1.165, 1.54) is 24.3 Å². The van der Waals surface area contributed by atoms with Crippen LogP contribution in [0.1, 0.15) is 26.2 Å². The lowest BCUT2D eigenvalue weighted by Gasteiger charge is -2.22. The highest BCUT2D eigenvalue weighted by Crippen LogP contribution is 2.23. The van der Waals surface area contributed by atoms with E-state index in [1.807, 2.05) is 19.0 Å². The molecule has 0 bridgehead atoms. The van der Waals surface area contributed by atoms with Crippen LogP contribution in [0.3, 0.4) is 0 Å². The number of thioether (sulfide) groups is 1. The van der Waals surface area contributed by atoms with Gasteiger partial charge in [0.25, 0.3) is 0 Å². The summed E-state index contributed by atoms with van der Waals surface area (Å²) in [6, 6.07) is 0. The molecule has 2 heterocycles. The molecule has 1 saturated heterocycles. The van der Waals surface area contributed by atoms with Gasteiger partial charge >= 0.3 is 0 Å². The molecule has 2 N–H and O–H groups in total. The van der Waals surface area contributed by atoms with Gasteiger partial charge in [0.2, 0.25) is 17.8 Å². The van der Waals surface area contributed by atoms with E-state index in [0.29, 0.717) is 17.8 Å². The molecule has 118 valence electrons. The van der Waals surface area contributed by atoms with Gasteiger partial charge in [0.1, 0.15) is 0 Å². The van der Waals surface area contributed by atoms with Crippen LogP contribution in [0.5, 0.6) is 0 Å². The molecular weight excluding hydrogens is 284 g/mol. The van der Waals surface area contributed by atoms with E-state index in [2.05, 4.69) is 44.3 Å². The van der Waals surface area contributed by atoms with Gasteiger partial charge in [-0.25, -0.2) is 0 Å². The maximum atomic E-state index is 4.47. The number of nitrogens with zero attached hydrogens (tertiary/aromatic N) is 4. The molecular formula is C14H26N6S. The van der Waals surface area contributed by atoms with Crippen LogP contribution in [0.15, 0.2) is 0 Å². The predicted octanol–water partition coefficient (Wildman–Crippen LogP) is 2.31. The van der Waals surface area contributed by atoms with Crippen molar-refractivity contribution < 1.29 is 0 Å². The second kappa shape index (κ2) is 8.26. The Balaban J connectivity index is 2.00. The van der Waals surface area contributed by atoms with Crippen LogP contribution >= 0.6 is 11.8 Å². The van der Waals surface area contributed by atoms with Gasteiger partial charge in [-0.3, -0.25) is 0 Å². The fourth-order valence-corrected chi connectivity index (χ4v) is 3.35. The first-order valence-corrected chi connectivity index (χ1v) is 8.83. The summed E-state index contributed by atoms with van der Waals surface area (Å²) in [6.45, 7) is 3.95. The van der Waals surface area contributed by atoms with Gasteiger partial charge in [0.05, 0.1) is 0 Å². The van der Waals surface area contributed by atoms with Gasteiger partial charge in [-0.15, -0.1) is 0 Å². The maximum absolute atomic E-state index is 4.47. The largest absolute Gasteiger partial charge is 0.354 e. The van der Waals surface area contributed by atoms with Crippen molar-refractivity contribution in [1.82, 2.24) is 15.0 Å². The van der Waals surface area contributed by atoms with Gasteiger partial charge in [-0.2, -0.15) is 26.7 Å². The maximum Gasteiger partial charge on any atom is 0.231 e. The zero-order chi connectivity index (χ0) is 15.1. The standard InChI is InChI=1S/C14H26N6S/c1-4-7-15-12-17-13(19-14(18-12)20(2)3)16-10-11-5-8-21-9-6-11/h11H,4-10H2,1-3H3,(H2,15,16,17,18,19). The Bertz CT molecular complexity index is 433. The zero-order valence-corrected chi connectivity index (χ0v) is 14.0. The van der Waals surface area contributed by atoms with E-state index in [4.69, 9.17) is 0 Å². The van der Waals surface area contributed by atoms with Crippen LogP contribution in [0.2, 0.25) is 0 Å². The van der Waals surface area contributed by atoms with Crippen molar-refractivity contribution in [3.8, 4) is 0 Å². The van der Waals surface area contributed by atoms with Gasteiger partial charge in [-0.05, 0) is 36.7 Å². The normalized spacial score (nSPS) is 15.8. The Morgan fingerprint density at radius 3 is 2.38 bits per heavy atom. The second-order valence-corrected chi connectivity index (χ2v) is 6.77. The van der Waals surface area contributed by atoms with Gasteiger partial charge in [-0.1, -0.05) is 6.92 Å². The highest BCUT2D eigenvalue weighted by Gasteiger charge is 2.14. The van der Waals surface area contributed by atoms with Gasteiger partial charge < -0.3 is 15.5 Å². The van der Waals surface area contributed by atoms with E-state index >= 15 is 0 Å². The fraction of sp³-hybridized carbons (Fsp3) is 0.786. The van der Waals surface area contributed by atoms with Crippen molar-refractivity contribution in [2.45, 2.75) is 26.2 Å². The molecule has 0 unspecified atom stereocenters. The molecule has 2 rings (SSSR count). The smallest absolute Gasteiger partial charge is 0.231 e. The van der Waals surface area contributed by atoms with Crippen molar-refractivity contribution in [3.63, 3.8) is 0 Å². The quantitative estimate of drug-likeness (QED) is 0.801. The van der Waals surface area contributed by atoms with E-state index in [0.717, 1.165) is 25.4 Å². The molecule has 1 aromatic rings. The summed E-state index contributed by atoms with van der Waals surface area (Å²) in [5.41, 5.74) is 0. The average molecular weight is 310 g/mol. The molecule has 1 fully saturated rings. The first kappa shape index (κ1) is 16.1. The zero-order valence-electron chi connectivity index (χ0n) is 13.2. The molecule has 6 nitrogen and oxygen atoms in total. The minimum Gasteiger partial charge on any atom is -0.354 e.